The molecule has 1 fully saturated rings. The Morgan fingerprint density at radius 1 is 1.06 bits per heavy atom. The van der Waals surface area contributed by atoms with Crippen molar-refractivity contribution >= 4 is 28.4 Å². The predicted molar refractivity (Wildman–Crippen MR) is 148 cm³/mol. The molecule has 0 N–H and O–H groups in total. The summed E-state index contributed by atoms with van der Waals surface area (Å²) in [5, 5.41) is 1.93. The molecule has 0 bridgehead atoms. The highest BCUT2D eigenvalue weighted by Crippen LogP contribution is 2.44. The number of hydrogen-bond donors (Lipinski definition) is 0. The summed E-state index contributed by atoms with van der Waals surface area (Å²) in [5.41, 5.74) is 4.92. The quantitative estimate of drug-likeness (QED) is 0.258. The van der Waals surface area contributed by atoms with Crippen molar-refractivity contribution in [2.75, 3.05) is 26.2 Å². The van der Waals surface area contributed by atoms with Gasteiger partial charge < -0.3 is 14.4 Å². The molecule has 1 aliphatic rings. The summed E-state index contributed by atoms with van der Waals surface area (Å²) in [6, 6.07) is 17.0. The number of carbonyl (C=O) groups excluding carboxylic acids is 1. The predicted octanol–water partition coefficient (Wildman–Crippen LogP) is 7.55. The zero-order valence-corrected chi connectivity index (χ0v) is 22.4. The van der Waals surface area contributed by atoms with Crippen LogP contribution < -0.4 is 0 Å². The summed E-state index contributed by atoms with van der Waals surface area (Å²) >= 11 is 6.54. The number of likely N-dealkylation sites (tertiary alicyclic amines) is 1. The van der Waals surface area contributed by atoms with Gasteiger partial charge in [-0.2, -0.15) is 0 Å². The van der Waals surface area contributed by atoms with E-state index >= 15 is 0 Å². The minimum absolute atomic E-state index is 0.0993. The number of carbonyl (C=O) groups is 1. The van der Waals surface area contributed by atoms with Crippen molar-refractivity contribution in [1.82, 2.24) is 14.4 Å². The van der Waals surface area contributed by atoms with Crippen LogP contribution in [0.1, 0.15) is 71.0 Å². The first-order valence-corrected chi connectivity index (χ1v) is 13.9. The minimum atomic E-state index is 0.0993. The Bertz CT molecular complexity index is 1120. The lowest BCUT2D eigenvalue weighted by Crippen LogP contribution is -2.33. The summed E-state index contributed by atoms with van der Waals surface area (Å²) < 4.78 is 2.49. The monoisotopic (exact) mass is 493 g/mol. The van der Waals surface area contributed by atoms with Crippen molar-refractivity contribution in [2.24, 2.45) is 0 Å². The van der Waals surface area contributed by atoms with Crippen LogP contribution in [0.2, 0.25) is 5.02 Å². The van der Waals surface area contributed by atoms with Crippen LogP contribution in [-0.4, -0.2) is 46.5 Å². The third-order valence-corrected chi connectivity index (χ3v) is 7.78. The van der Waals surface area contributed by atoms with E-state index in [1.54, 1.807) is 0 Å². The lowest BCUT2D eigenvalue weighted by atomic mass is 9.97. The van der Waals surface area contributed by atoms with Gasteiger partial charge in [0, 0.05) is 53.2 Å². The molecular weight excluding hydrogens is 454 g/mol. The summed E-state index contributed by atoms with van der Waals surface area (Å²) in [5.74, 6) is 0.304. The number of amides is 1. The van der Waals surface area contributed by atoms with E-state index in [2.05, 4.69) is 77.6 Å². The highest BCUT2D eigenvalue weighted by Gasteiger charge is 2.35. The third kappa shape index (κ3) is 5.59. The molecule has 5 heteroatoms. The Morgan fingerprint density at radius 3 is 2.54 bits per heavy atom. The Balaban J connectivity index is 1.86. The van der Waals surface area contributed by atoms with Crippen LogP contribution in [0.5, 0.6) is 0 Å². The highest BCUT2D eigenvalue weighted by atomic mass is 35.5. The van der Waals surface area contributed by atoms with Crippen LogP contribution in [0.15, 0.2) is 48.5 Å². The van der Waals surface area contributed by atoms with E-state index in [4.69, 9.17) is 11.6 Å². The summed E-state index contributed by atoms with van der Waals surface area (Å²) in [4.78, 5) is 18.0. The van der Waals surface area contributed by atoms with Crippen LogP contribution in [0, 0.1) is 0 Å². The lowest BCUT2D eigenvalue weighted by Gasteiger charge is -2.28. The fourth-order valence-corrected chi connectivity index (χ4v) is 5.81. The molecule has 1 atom stereocenters. The first-order chi connectivity index (χ1) is 17.1. The SMILES string of the molecule is CCCCCC(=O)N1CCCC1c1c(-c2ccccc2)c2cc(Cl)ccc2n1CCN(CC)CC. The van der Waals surface area contributed by atoms with Gasteiger partial charge in [-0.25, -0.2) is 0 Å². The molecule has 1 unspecified atom stereocenters. The van der Waals surface area contributed by atoms with Gasteiger partial charge in [-0.1, -0.05) is 75.5 Å². The van der Waals surface area contributed by atoms with Gasteiger partial charge in [0.2, 0.25) is 5.91 Å². The number of benzene rings is 2. The molecule has 2 aromatic carbocycles. The van der Waals surface area contributed by atoms with Gasteiger partial charge in [0.1, 0.15) is 0 Å². The average Bonchev–Trinajstić information content (AvgIpc) is 3.47. The zero-order chi connectivity index (χ0) is 24.8. The van der Waals surface area contributed by atoms with Gasteiger partial charge in [-0.3, -0.25) is 4.79 Å². The Kier molecular flexibility index (Phi) is 8.91. The smallest absolute Gasteiger partial charge is 0.223 e. The number of fused-ring (bicyclic) bond motifs is 1. The fraction of sp³-hybridized carbons (Fsp3) is 0.500. The van der Waals surface area contributed by atoms with Crippen LogP contribution in [0.25, 0.3) is 22.0 Å². The van der Waals surface area contributed by atoms with E-state index in [-0.39, 0.29) is 6.04 Å². The van der Waals surface area contributed by atoms with Crippen LogP contribution >= 0.6 is 11.6 Å². The van der Waals surface area contributed by atoms with Crippen LogP contribution in [-0.2, 0) is 11.3 Å². The molecule has 0 saturated carbocycles. The number of halogens is 1. The van der Waals surface area contributed by atoms with Crippen molar-refractivity contribution in [1.29, 1.82) is 0 Å². The second-order valence-corrected chi connectivity index (χ2v) is 10.1. The van der Waals surface area contributed by atoms with Crippen LogP contribution in [0.3, 0.4) is 0 Å². The van der Waals surface area contributed by atoms with E-state index in [0.29, 0.717) is 12.3 Å². The number of aromatic nitrogens is 1. The Labute approximate surface area is 215 Å². The van der Waals surface area contributed by atoms with Gasteiger partial charge in [0.15, 0.2) is 0 Å². The Morgan fingerprint density at radius 2 is 1.83 bits per heavy atom. The molecule has 188 valence electrons. The molecule has 0 radical (unpaired) electrons. The molecule has 1 amide bonds. The maximum atomic E-state index is 13.4. The minimum Gasteiger partial charge on any atom is -0.341 e. The summed E-state index contributed by atoms with van der Waals surface area (Å²) in [6.45, 7) is 11.4. The second kappa shape index (κ2) is 12.1. The summed E-state index contributed by atoms with van der Waals surface area (Å²) in [7, 11) is 0. The van der Waals surface area contributed by atoms with Gasteiger partial charge in [0.05, 0.1) is 6.04 Å². The van der Waals surface area contributed by atoms with Gasteiger partial charge in [-0.05, 0) is 56.1 Å². The van der Waals surface area contributed by atoms with Gasteiger partial charge in [0.25, 0.3) is 0 Å². The molecule has 1 aliphatic heterocycles. The first-order valence-electron chi connectivity index (χ1n) is 13.5. The Hall–Kier alpha value is -2.30. The van der Waals surface area contributed by atoms with Crippen molar-refractivity contribution in [2.45, 2.75) is 71.9 Å². The van der Waals surface area contributed by atoms with Crippen molar-refractivity contribution in [3.63, 3.8) is 0 Å². The van der Waals surface area contributed by atoms with E-state index in [1.165, 1.54) is 27.7 Å². The number of hydrogen-bond acceptors (Lipinski definition) is 2. The van der Waals surface area contributed by atoms with Gasteiger partial charge >= 0.3 is 0 Å². The average molecular weight is 494 g/mol. The van der Waals surface area contributed by atoms with E-state index in [0.717, 1.165) is 69.9 Å². The second-order valence-electron chi connectivity index (χ2n) is 9.67. The topological polar surface area (TPSA) is 28.5 Å². The van der Waals surface area contributed by atoms with Crippen LogP contribution in [0.4, 0.5) is 0 Å². The van der Waals surface area contributed by atoms with E-state index < -0.39 is 0 Å². The third-order valence-electron chi connectivity index (χ3n) is 7.55. The molecule has 4 nitrogen and oxygen atoms in total. The maximum absolute atomic E-state index is 13.4. The molecular formula is C30H40ClN3O. The molecule has 0 aliphatic carbocycles. The molecule has 1 aromatic heterocycles. The normalized spacial score (nSPS) is 16.0. The van der Waals surface area contributed by atoms with Crippen molar-refractivity contribution in [3.05, 3.63) is 59.2 Å². The largest absolute Gasteiger partial charge is 0.341 e. The lowest BCUT2D eigenvalue weighted by molar-refractivity contribution is -0.132. The van der Waals surface area contributed by atoms with E-state index in [1.807, 2.05) is 6.07 Å². The molecule has 3 aromatic rings. The molecule has 4 rings (SSSR count). The maximum Gasteiger partial charge on any atom is 0.223 e. The number of rotatable bonds is 11. The fourth-order valence-electron chi connectivity index (χ4n) is 5.64. The zero-order valence-electron chi connectivity index (χ0n) is 21.6. The highest BCUT2D eigenvalue weighted by molar-refractivity contribution is 6.31. The molecule has 0 spiro atoms. The number of nitrogens with zero attached hydrogens (tertiary/aromatic N) is 3. The van der Waals surface area contributed by atoms with Crippen molar-refractivity contribution < 1.29 is 4.79 Å². The molecule has 2 heterocycles. The molecule has 35 heavy (non-hydrogen) atoms. The van der Waals surface area contributed by atoms with E-state index in [9.17, 15) is 4.79 Å². The molecule has 1 saturated heterocycles. The first kappa shape index (κ1) is 25.8. The summed E-state index contributed by atoms with van der Waals surface area (Å²) in [6.07, 6.45) is 5.93. The van der Waals surface area contributed by atoms with Crippen molar-refractivity contribution in [3.8, 4) is 11.1 Å². The standard InChI is InChI=1S/C30H40ClN3O/c1-4-7-9-16-28(35)33-19-12-15-27(33)30-29(23-13-10-8-11-14-23)25-22-24(31)17-18-26(25)34(30)21-20-32(5-2)6-3/h8,10-11,13-14,17-18,22,27H,4-7,9,12,15-16,19-21H2,1-3H3. The number of likely N-dealkylation sites (N-methyl/N-ethyl adjacent to an activating group) is 1. The van der Waals surface area contributed by atoms with Gasteiger partial charge in [-0.15, -0.1) is 0 Å². The number of unbranched alkanes of at least 4 members (excludes halogenated alkanes) is 2.